The van der Waals surface area contributed by atoms with Gasteiger partial charge in [-0.1, -0.05) is 23.2 Å². The summed E-state index contributed by atoms with van der Waals surface area (Å²) in [7, 11) is 0. The highest BCUT2D eigenvalue weighted by molar-refractivity contribution is 6.35. The number of Topliss-reactive ketones (excluding diaryl/α,β-unsaturated/α-hetero) is 1. The Bertz CT molecular complexity index is 942. The number of pyridine rings is 1. The topological polar surface area (TPSA) is 89.0 Å². The van der Waals surface area contributed by atoms with Gasteiger partial charge in [0.1, 0.15) is 23.5 Å². The van der Waals surface area contributed by atoms with Crippen LogP contribution in [-0.2, 0) is 16.0 Å². The van der Waals surface area contributed by atoms with Crippen LogP contribution in [-0.4, -0.2) is 59.8 Å². The number of nitrogens with zero attached hydrogens (tertiary/aromatic N) is 3. The first-order valence-corrected chi connectivity index (χ1v) is 11.1. The zero-order valence-corrected chi connectivity index (χ0v) is 18.4. The number of hydrogen-bond acceptors (Lipinski definition) is 7. The molecule has 2 aromatic rings. The van der Waals surface area contributed by atoms with Crippen molar-refractivity contribution >= 4 is 34.8 Å². The third-order valence-corrected chi connectivity index (χ3v) is 6.29. The number of hydrogen-bond donors (Lipinski definition) is 2. The van der Waals surface area contributed by atoms with Crippen LogP contribution in [0.2, 0.25) is 10.2 Å². The molecule has 4 rings (SSSR count). The highest BCUT2D eigenvalue weighted by Gasteiger charge is 2.32. The molecule has 2 N–H and O–H groups in total. The van der Waals surface area contributed by atoms with Crippen molar-refractivity contribution < 1.29 is 13.9 Å². The Balaban J connectivity index is 1.51. The molecule has 0 saturated carbocycles. The van der Waals surface area contributed by atoms with Crippen molar-refractivity contribution in [2.75, 3.05) is 38.2 Å². The number of nitrogens with one attached hydrogen (secondary N) is 2. The quantitative estimate of drug-likeness (QED) is 0.644. The summed E-state index contributed by atoms with van der Waals surface area (Å²) in [5.41, 5.74) is 1.43. The fraction of sp³-hybridized carbons (Fsp3) is 0.524. The average molecular weight is 468 g/mol. The van der Waals surface area contributed by atoms with E-state index < -0.39 is 12.1 Å². The smallest absolute Gasteiger partial charge is 0.155 e. The van der Waals surface area contributed by atoms with Crippen molar-refractivity contribution in [3.05, 3.63) is 34.3 Å². The van der Waals surface area contributed by atoms with Crippen LogP contribution in [0.25, 0.3) is 11.3 Å². The van der Waals surface area contributed by atoms with Crippen LogP contribution in [0.15, 0.2) is 18.5 Å². The number of halogens is 3. The second-order valence-electron chi connectivity index (χ2n) is 7.91. The zero-order valence-electron chi connectivity index (χ0n) is 16.9. The lowest BCUT2D eigenvalue weighted by atomic mass is 9.97. The number of carbonyl (C=O) groups is 1. The van der Waals surface area contributed by atoms with Crippen LogP contribution >= 0.6 is 23.2 Å². The molecular formula is C21H24Cl2FN5O2. The molecule has 2 saturated heterocycles. The summed E-state index contributed by atoms with van der Waals surface area (Å²) in [6.45, 7) is 2.87. The maximum absolute atomic E-state index is 13.9. The predicted octanol–water partition coefficient (Wildman–Crippen LogP) is 3.35. The SMILES string of the molecule is O=C(Cc1cc(-c2nc(NCC3CCOCC3)cnc2Cl)c(Cl)cn1)[C@H]1CNC[C@H]1F. The summed E-state index contributed by atoms with van der Waals surface area (Å²) in [4.78, 5) is 25.6. The average Bonchev–Trinajstić information content (AvgIpc) is 3.21. The molecule has 0 unspecified atom stereocenters. The van der Waals surface area contributed by atoms with Crippen molar-refractivity contribution in [2.45, 2.75) is 25.4 Å². The Hall–Kier alpha value is -1.87. The van der Waals surface area contributed by atoms with E-state index in [0.717, 1.165) is 32.6 Å². The maximum Gasteiger partial charge on any atom is 0.155 e. The fourth-order valence-corrected chi connectivity index (χ4v) is 4.25. The molecule has 2 fully saturated rings. The first kappa shape index (κ1) is 22.3. The summed E-state index contributed by atoms with van der Waals surface area (Å²) in [5.74, 6) is 0.263. The normalized spacial score (nSPS) is 21.9. The lowest BCUT2D eigenvalue weighted by Crippen LogP contribution is -2.25. The van der Waals surface area contributed by atoms with Crippen LogP contribution < -0.4 is 10.6 Å². The van der Waals surface area contributed by atoms with Gasteiger partial charge in [-0.15, -0.1) is 0 Å². The summed E-state index contributed by atoms with van der Waals surface area (Å²) in [6, 6.07) is 1.67. The number of anilines is 1. The minimum atomic E-state index is -1.17. The van der Waals surface area contributed by atoms with E-state index in [4.69, 9.17) is 27.9 Å². The maximum atomic E-state index is 13.9. The van der Waals surface area contributed by atoms with Crippen LogP contribution in [0, 0.1) is 11.8 Å². The molecular weight excluding hydrogens is 444 g/mol. The van der Waals surface area contributed by atoms with Crippen molar-refractivity contribution in [1.82, 2.24) is 20.3 Å². The van der Waals surface area contributed by atoms with Crippen LogP contribution in [0.3, 0.4) is 0 Å². The minimum absolute atomic E-state index is 0.0175. The lowest BCUT2D eigenvalue weighted by molar-refractivity contribution is -0.123. The van der Waals surface area contributed by atoms with E-state index in [2.05, 4.69) is 25.6 Å². The van der Waals surface area contributed by atoms with E-state index in [1.807, 2.05) is 0 Å². The number of alkyl halides is 1. The van der Waals surface area contributed by atoms with E-state index in [1.54, 1.807) is 12.3 Å². The van der Waals surface area contributed by atoms with Gasteiger partial charge in [0.2, 0.25) is 0 Å². The number of ketones is 1. The van der Waals surface area contributed by atoms with Gasteiger partial charge in [-0.2, -0.15) is 0 Å². The molecule has 0 bridgehead atoms. The second kappa shape index (κ2) is 10.2. The Kier molecular flexibility index (Phi) is 7.32. The van der Waals surface area contributed by atoms with Crippen LogP contribution in [0.5, 0.6) is 0 Å². The zero-order chi connectivity index (χ0) is 21.8. The third kappa shape index (κ3) is 5.49. The minimum Gasteiger partial charge on any atom is -0.381 e. The molecule has 166 valence electrons. The third-order valence-electron chi connectivity index (χ3n) is 5.72. The fourth-order valence-electron chi connectivity index (χ4n) is 3.86. The van der Waals surface area contributed by atoms with Gasteiger partial charge in [0, 0.05) is 56.7 Å². The number of ether oxygens (including phenoxy) is 1. The predicted molar refractivity (Wildman–Crippen MR) is 117 cm³/mol. The molecule has 0 radical (unpaired) electrons. The molecule has 0 spiro atoms. The lowest BCUT2D eigenvalue weighted by Gasteiger charge is -2.22. The molecule has 2 aliphatic rings. The molecule has 2 atom stereocenters. The molecule has 4 heterocycles. The first-order valence-electron chi connectivity index (χ1n) is 10.4. The molecule has 0 amide bonds. The summed E-state index contributed by atoms with van der Waals surface area (Å²) >= 11 is 12.7. The highest BCUT2D eigenvalue weighted by atomic mass is 35.5. The van der Waals surface area contributed by atoms with Gasteiger partial charge >= 0.3 is 0 Å². The van der Waals surface area contributed by atoms with E-state index in [0.29, 0.717) is 40.3 Å². The van der Waals surface area contributed by atoms with Gasteiger partial charge in [-0.3, -0.25) is 9.78 Å². The summed E-state index contributed by atoms with van der Waals surface area (Å²) in [5, 5.41) is 6.76. The van der Waals surface area contributed by atoms with Gasteiger partial charge in [-0.05, 0) is 24.8 Å². The largest absolute Gasteiger partial charge is 0.381 e. The summed E-state index contributed by atoms with van der Waals surface area (Å²) < 4.78 is 19.3. The summed E-state index contributed by atoms with van der Waals surface area (Å²) in [6.07, 6.45) is 3.90. The van der Waals surface area contributed by atoms with E-state index in [9.17, 15) is 9.18 Å². The monoisotopic (exact) mass is 467 g/mol. The molecule has 2 aromatic heterocycles. The van der Waals surface area contributed by atoms with Gasteiger partial charge < -0.3 is 15.4 Å². The van der Waals surface area contributed by atoms with E-state index >= 15 is 0 Å². The molecule has 0 aliphatic carbocycles. The second-order valence-corrected chi connectivity index (χ2v) is 8.68. The van der Waals surface area contributed by atoms with E-state index in [-0.39, 0.29) is 23.9 Å². The van der Waals surface area contributed by atoms with Gasteiger partial charge in [0.15, 0.2) is 5.15 Å². The number of carbonyl (C=O) groups excluding carboxylic acids is 1. The van der Waals surface area contributed by atoms with Crippen LogP contribution in [0.4, 0.5) is 10.2 Å². The molecule has 7 nitrogen and oxygen atoms in total. The highest BCUT2D eigenvalue weighted by Crippen LogP contribution is 2.32. The number of aromatic nitrogens is 3. The molecule has 2 aliphatic heterocycles. The van der Waals surface area contributed by atoms with Crippen molar-refractivity contribution in [3.8, 4) is 11.3 Å². The van der Waals surface area contributed by atoms with Crippen molar-refractivity contribution in [2.24, 2.45) is 11.8 Å². The molecule has 31 heavy (non-hydrogen) atoms. The Morgan fingerprint density at radius 3 is 2.77 bits per heavy atom. The van der Waals surface area contributed by atoms with Crippen molar-refractivity contribution in [1.29, 1.82) is 0 Å². The first-order chi connectivity index (χ1) is 15.0. The Labute approximate surface area is 190 Å². The number of rotatable bonds is 7. The Morgan fingerprint density at radius 1 is 1.23 bits per heavy atom. The van der Waals surface area contributed by atoms with E-state index in [1.165, 1.54) is 6.20 Å². The molecule has 0 aromatic carbocycles. The molecule has 10 heteroatoms. The van der Waals surface area contributed by atoms with Gasteiger partial charge in [-0.25, -0.2) is 14.4 Å². The van der Waals surface area contributed by atoms with Crippen LogP contribution in [0.1, 0.15) is 18.5 Å². The van der Waals surface area contributed by atoms with Crippen molar-refractivity contribution in [3.63, 3.8) is 0 Å². The Morgan fingerprint density at radius 2 is 2.03 bits per heavy atom. The van der Waals surface area contributed by atoms with Gasteiger partial charge in [0.05, 0.1) is 17.1 Å². The standard InChI is InChI=1S/C21H24Cl2FN5O2/c22-16-9-26-13(6-18(30)15-8-25-10-17(15)24)5-14(16)20-21(23)28-11-19(29-20)27-7-12-1-3-31-4-2-12/h5,9,11-12,15,17,25H,1-4,6-8,10H2,(H,27,29)/t15-,17+/m0/s1. The van der Waals surface area contributed by atoms with Gasteiger partial charge in [0.25, 0.3) is 0 Å².